The fraction of sp³-hybridized carbons (Fsp3) is 0.750. The highest BCUT2D eigenvalue weighted by Gasteiger charge is 2.40. The van der Waals surface area contributed by atoms with Crippen molar-refractivity contribution in [2.75, 3.05) is 32.7 Å². The Morgan fingerprint density at radius 1 is 1.06 bits per heavy atom. The molecule has 1 amide bonds. The fourth-order valence-corrected chi connectivity index (χ4v) is 6.27. The van der Waals surface area contributed by atoms with Crippen molar-refractivity contribution in [3.8, 4) is 0 Å². The Morgan fingerprint density at radius 3 is 2.56 bits per heavy atom. The Hall–Kier alpha value is -1.39. The van der Waals surface area contributed by atoms with Crippen molar-refractivity contribution in [3.05, 3.63) is 35.9 Å². The van der Waals surface area contributed by atoms with Gasteiger partial charge in [0.1, 0.15) is 0 Å². The number of carbonyl (C=O) groups is 1. The number of nitrogens with zero attached hydrogens (tertiary/aromatic N) is 2. The van der Waals surface area contributed by atoms with E-state index in [4.69, 9.17) is 0 Å². The van der Waals surface area contributed by atoms with Gasteiger partial charge in [-0.25, -0.2) is 0 Å². The third-order valence-corrected chi connectivity index (χ3v) is 8.66. The number of benzene rings is 1. The van der Waals surface area contributed by atoms with Gasteiger partial charge in [0.25, 0.3) is 0 Å². The number of fused-ring (bicyclic) bond motifs is 1. The molecule has 4 heteroatoms. The lowest BCUT2D eigenvalue weighted by atomic mass is 9.83. The van der Waals surface area contributed by atoms with Crippen LogP contribution in [0.4, 0.5) is 0 Å². The molecule has 178 valence electrons. The average molecular weight is 440 g/mol. The molecule has 4 nitrogen and oxygen atoms in total. The average Bonchev–Trinajstić information content (AvgIpc) is 3.24. The van der Waals surface area contributed by atoms with Crippen molar-refractivity contribution in [2.45, 2.75) is 83.7 Å². The first-order valence-corrected chi connectivity index (χ1v) is 13.4. The molecule has 0 bridgehead atoms. The van der Waals surface area contributed by atoms with Crippen molar-refractivity contribution in [1.82, 2.24) is 15.1 Å². The van der Waals surface area contributed by atoms with E-state index in [-0.39, 0.29) is 11.8 Å². The number of hydrogen-bond donors (Lipinski definition) is 1. The lowest BCUT2D eigenvalue weighted by molar-refractivity contribution is -0.126. The normalized spacial score (nSPS) is 27.1. The van der Waals surface area contributed by atoms with Crippen LogP contribution in [0.5, 0.6) is 0 Å². The summed E-state index contributed by atoms with van der Waals surface area (Å²) in [6, 6.07) is 11.9. The zero-order chi connectivity index (χ0) is 22.3. The lowest BCUT2D eigenvalue weighted by Crippen LogP contribution is -2.54. The molecule has 2 saturated heterocycles. The largest absolute Gasteiger partial charge is 0.352 e. The SMILES string of the molecule is CC[C@@H](C)C(=O)N[C@H](CN1CC[C@H]2CCN(CCc3ccccc3)C[C@H]21)C1CCCCC1. The molecule has 32 heavy (non-hydrogen) atoms. The second-order valence-electron chi connectivity index (χ2n) is 10.8. The minimum atomic E-state index is 0.121. The van der Waals surface area contributed by atoms with E-state index >= 15 is 0 Å². The van der Waals surface area contributed by atoms with Crippen LogP contribution < -0.4 is 5.32 Å². The van der Waals surface area contributed by atoms with Crippen LogP contribution in [0, 0.1) is 17.8 Å². The molecule has 0 spiro atoms. The van der Waals surface area contributed by atoms with Gasteiger partial charge >= 0.3 is 0 Å². The molecule has 1 saturated carbocycles. The molecule has 4 atom stereocenters. The maximum Gasteiger partial charge on any atom is 0.223 e. The van der Waals surface area contributed by atoms with Gasteiger partial charge in [-0.05, 0) is 69.0 Å². The number of amides is 1. The molecule has 0 aromatic heterocycles. The summed E-state index contributed by atoms with van der Waals surface area (Å²) < 4.78 is 0. The minimum absolute atomic E-state index is 0.121. The van der Waals surface area contributed by atoms with Gasteiger partial charge in [-0.3, -0.25) is 9.69 Å². The first kappa shape index (κ1) is 23.8. The van der Waals surface area contributed by atoms with Crippen LogP contribution in [-0.2, 0) is 11.2 Å². The van der Waals surface area contributed by atoms with Gasteiger partial charge in [0.15, 0.2) is 0 Å². The summed E-state index contributed by atoms with van der Waals surface area (Å²) >= 11 is 0. The fourth-order valence-electron chi connectivity index (χ4n) is 6.27. The Bertz CT molecular complexity index is 702. The van der Waals surface area contributed by atoms with E-state index < -0.39 is 0 Å². The smallest absolute Gasteiger partial charge is 0.223 e. The molecular formula is C28H45N3O. The van der Waals surface area contributed by atoms with E-state index in [2.05, 4.69) is 59.3 Å². The molecule has 1 aliphatic carbocycles. The standard InChI is InChI=1S/C28H45N3O/c1-3-22(2)28(32)29-26(24-12-8-5-9-13-24)20-31-19-16-25-15-18-30(21-27(25)31)17-14-23-10-6-4-7-11-23/h4,6-7,10-11,22,24-27H,3,5,8-9,12-21H2,1-2H3,(H,29,32)/t22-,25-,26-,27-/m1/s1. The van der Waals surface area contributed by atoms with Gasteiger partial charge in [-0.15, -0.1) is 0 Å². The Kier molecular flexibility index (Phi) is 8.65. The maximum atomic E-state index is 12.8. The molecule has 4 rings (SSSR count). The highest BCUT2D eigenvalue weighted by atomic mass is 16.1. The van der Waals surface area contributed by atoms with Crippen molar-refractivity contribution < 1.29 is 4.79 Å². The van der Waals surface area contributed by atoms with Crippen molar-refractivity contribution in [3.63, 3.8) is 0 Å². The summed E-state index contributed by atoms with van der Waals surface area (Å²) in [5, 5.41) is 3.52. The van der Waals surface area contributed by atoms with E-state index in [1.165, 1.54) is 70.1 Å². The highest BCUT2D eigenvalue weighted by Crippen LogP contribution is 2.34. The number of rotatable bonds is 9. The third kappa shape index (κ3) is 6.14. The van der Waals surface area contributed by atoms with E-state index in [1.54, 1.807) is 0 Å². The predicted molar refractivity (Wildman–Crippen MR) is 133 cm³/mol. The van der Waals surface area contributed by atoms with Gasteiger partial charge < -0.3 is 10.2 Å². The number of piperidine rings is 1. The molecule has 3 aliphatic rings. The quantitative estimate of drug-likeness (QED) is 0.604. The Morgan fingerprint density at radius 2 is 1.81 bits per heavy atom. The molecule has 0 radical (unpaired) electrons. The van der Waals surface area contributed by atoms with Crippen molar-refractivity contribution in [1.29, 1.82) is 0 Å². The van der Waals surface area contributed by atoms with Gasteiger partial charge in [-0.1, -0.05) is 63.4 Å². The van der Waals surface area contributed by atoms with Crippen LogP contribution in [0.15, 0.2) is 30.3 Å². The Balaban J connectivity index is 1.36. The molecule has 1 aromatic rings. The third-order valence-electron chi connectivity index (χ3n) is 8.66. The van der Waals surface area contributed by atoms with Gasteiger partial charge in [0.05, 0.1) is 0 Å². The summed E-state index contributed by atoms with van der Waals surface area (Å²) in [6.07, 6.45) is 11.4. The number of carbonyl (C=O) groups excluding carboxylic acids is 1. The summed E-state index contributed by atoms with van der Waals surface area (Å²) in [5.41, 5.74) is 1.45. The van der Waals surface area contributed by atoms with Crippen LogP contribution in [0.25, 0.3) is 0 Å². The van der Waals surface area contributed by atoms with Crippen molar-refractivity contribution in [2.24, 2.45) is 17.8 Å². The number of nitrogens with one attached hydrogen (secondary N) is 1. The van der Waals surface area contributed by atoms with E-state index in [0.717, 1.165) is 31.8 Å². The van der Waals surface area contributed by atoms with Crippen LogP contribution in [0.1, 0.15) is 70.8 Å². The van der Waals surface area contributed by atoms with E-state index in [1.807, 2.05) is 0 Å². The molecule has 2 heterocycles. The second kappa shape index (κ2) is 11.7. The second-order valence-corrected chi connectivity index (χ2v) is 10.8. The maximum absolute atomic E-state index is 12.8. The summed E-state index contributed by atoms with van der Waals surface area (Å²) in [4.78, 5) is 18.3. The van der Waals surface area contributed by atoms with Crippen molar-refractivity contribution >= 4 is 5.91 Å². The van der Waals surface area contributed by atoms with Crippen LogP contribution in [-0.4, -0.2) is 60.5 Å². The minimum Gasteiger partial charge on any atom is -0.352 e. The van der Waals surface area contributed by atoms with Gasteiger partial charge in [0.2, 0.25) is 5.91 Å². The van der Waals surface area contributed by atoms with Crippen LogP contribution in [0.2, 0.25) is 0 Å². The summed E-state index contributed by atoms with van der Waals surface area (Å²) in [5.74, 6) is 1.90. The molecule has 1 N–H and O–H groups in total. The molecule has 1 aromatic carbocycles. The first-order chi connectivity index (χ1) is 15.6. The van der Waals surface area contributed by atoms with Crippen LogP contribution in [0.3, 0.4) is 0 Å². The highest BCUT2D eigenvalue weighted by molar-refractivity contribution is 5.78. The monoisotopic (exact) mass is 439 g/mol. The topological polar surface area (TPSA) is 35.6 Å². The zero-order valence-corrected chi connectivity index (χ0v) is 20.5. The molecular weight excluding hydrogens is 394 g/mol. The molecule has 2 aliphatic heterocycles. The van der Waals surface area contributed by atoms with E-state index in [9.17, 15) is 4.79 Å². The van der Waals surface area contributed by atoms with Crippen LogP contribution >= 0.6 is 0 Å². The lowest BCUT2D eigenvalue weighted by Gasteiger charge is -2.41. The zero-order valence-electron chi connectivity index (χ0n) is 20.5. The number of likely N-dealkylation sites (tertiary alicyclic amines) is 2. The summed E-state index contributed by atoms with van der Waals surface area (Å²) in [7, 11) is 0. The van der Waals surface area contributed by atoms with Gasteiger partial charge in [-0.2, -0.15) is 0 Å². The van der Waals surface area contributed by atoms with E-state index in [0.29, 0.717) is 18.0 Å². The molecule has 0 unspecified atom stereocenters. The number of hydrogen-bond acceptors (Lipinski definition) is 3. The molecule has 3 fully saturated rings. The van der Waals surface area contributed by atoms with Gasteiger partial charge in [0, 0.05) is 37.6 Å². The first-order valence-electron chi connectivity index (χ1n) is 13.4. The Labute approximate surface area is 196 Å². The predicted octanol–water partition coefficient (Wildman–Crippen LogP) is 4.74. The summed E-state index contributed by atoms with van der Waals surface area (Å²) in [6.45, 7) is 10.1.